The van der Waals surface area contributed by atoms with Crippen molar-refractivity contribution in [3.8, 4) is 0 Å². The van der Waals surface area contributed by atoms with Gasteiger partial charge in [-0.2, -0.15) is 0 Å². The Balaban J connectivity index is -0.0000000665. The predicted molar refractivity (Wildman–Crippen MR) is 245 cm³/mol. The number of hydrogen-bond acceptors (Lipinski definition) is 13. The lowest BCUT2D eigenvalue weighted by molar-refractivity contribution is 0.0692. The van der Waals surface area contributed by atoms with Crippen LogP contribution in [0.15, 0.2) is 0 Å². The molecule has 0 unspecified atom stereocenters. The molecule has 1 rings (SSSR count). The van der Waals surface area contributed by atoms with Crippen molar-refractivity contribution in [3.05, 3.63) is 0 Å². The highest BCUT2D eigenvalue weighted by Gasteiger charge is 2.03. The molecule has 13 nitrogen and oxygen atoms in total. The summed E-state index contributed by atoms with van der Waals surface area (Å²) in [6.45, 7) is 26.0. The van der Waals surface area contributed by atoms with E-state index < -0.39 is 0 Å². The number of unbranched alkanes of at least 4 members (excludes halogenated alkanes) is 2. The van der Waals surface area contributed by atoms with Gasteiger partial charge in [0.25, 0.3) is 0 Å². The minimum atomic E-state index is -0.270. The van der Waals surface area contributed by atoms with E-state index in [1.165, 1.54) is 45.2 Å². The second-order valence-electron chi connectivity index (χ2n) is 12.2. The van der Waals surface area contributed by atoms with Gasteiger partial charge in [-0.1, -0.05) is 40.5 Å². The maximum absolute atomic E-state index is 11.1. The van der Waals surface area contributed by atoms with Gasteiger partial charge in [0.15, 0.2) is 0 Å². The van der Waals surface area contributed by atoms with Crippen molar-refractivity contribution in [3.63, 3.8) is 0 Å². The first-order chi connectivity index (χ1) is 28.0. The molecular formula is C44H106FNO12. The summed E-state index contributed by atoms with van der Waals surface area (Å²) >= 11 is 0. The van der Waals surface area contributed by atoms with E-state index >= 15 is 0 Å². The number of methoxy groups -OCH3 is 10. The van der Waals surface area contributed by atoms with E-state index in [2.05, 4.69) is 63.3 Å². The van der Waals surface area contributed by atoms with Crippen molar-refractivity contribution in [1.82, 2.24) is 4.90 Å². The first-order valence-corrected chi connectivity index (χ1v) is 21.2. The summed E-state index contributed by atoms with van der Waals surface area (Å²) in [6.07, 6.45) is 10.7. The quantitative estimate of drug-likeness (QED) is 0.0862. The molecule has 1 fully saturated rings. The van der Waals surface area contributed by atoms with Crippen LogP contribution in [0, 0.1) is 0 Å². The number of rotatable bonds is 24. The van der Waals surface area contributed by atoms with Crippen LogP contribution in [0.3, 0.4) is 0 Å². The van der Waals surface area contributed by atoms with Gasteiger partial charge < -0.3 is 61.7 Å². The molecule has 1 heterocycles. The van der Waals surface area contributed by atoms with Gasteiger partial charge in [-0.3, -0.25) is 4.39 Å². The zero-order valence-corrected chi connectivity index (χ0v) is 42.3. The van der Waals surface area contributed by atoms with Crippen molar-refractivity contribution in [2.75, 3.05) is 184 Å². The molecule has 1 aliphatic rings. The summed E-state index contributed by atoms with van der Waals surface area (Å²) in [5.41, 5.74) is 0. The number of halogens is 1. The standard InChI is InChI=1S/C7H16O2.C6H14O2.C5H11N.C5H12O.C4H9FO.C4H10O2.2C4H10O.C3H8O.C2H6O/c1-3-4-5-9-7-6-8-2;1-3-4-8-6-5-7-2;1-6-4-2-3-5-6;1-3-4-5-6-2;1-6-4-2-3-5;1-5-3-4-6-2;1-4(2)5-3;1-3-4-5-2;1-3-4-2;1-3-2/h3-7H2,1-2H3;3-6H2,1-2H3;2-5H2,1H3;3-5H2,1-2H3;2-4H2,1H3;3-4H2,1-2H3;4H,1-3H3;3-4H2,1-2H3;3H2,1-2H3;1-2H3. The highest BCUT2D eigenvalue weighted by molar-refractivity contribution is 4.59. The Morgan fingerprint density at radius 3 is 0.931 bits per heavy atom. The van der Waals surface area contributed by atoms with E-state index in [0.29, 0.717) is 45.6 Å². The van der Waals surface area contributed by atoms with E-state index in [9.17, 15) is 4.39 Å². The van der Waals surface area contributed by atoms with E-state index in [1.54, 1.807) is 78.2 Å². The Morgan fingerprint density at radius 1 is 0.431 bits per heavy atom. The molecule has 0 radical (unpaired) electrons. The zero-order chi connectivity index (χ0) is 46.6. The maximum atomic E-state index is 11.1. The Labute approximate surface area is 362 Å². The SMILES string of the molecule is CCCCOC.CCCCOCCOC.CCCOC.CCCOCCOC.CCOC.CN1CCCC1.COC.COC(C)C.COCCCF.COCCOC. The molecule has 0 aromatic heterocycles. The molecule has 0 spiro atoms. The monoisotopic (exact) mass is 860 g/mol. The highest BCUT2D eigenvalue weighted by Crippen LogP contribution is 2.02. The number of hydrogen-bond donors (Lipinski definition) is 0. The Bertz CT molecular complexity index is 454. The van der Waals surface area contributed by atoms with E-state index in [4.69, 9.17) is 33.2 Å². The topological polar surface area (TPSA) is 114 Å². The summed E-state index contributed by atoms with van der Waals surface area (Å²) in [4.78, 5) is 2.36. The van der Waals surface area contributed by atoms with Gasteiger partial charge in [0.1, 0.15) is 0 Å². The van der Waals surface area contributed by atoms with Gasteiger partial charge in [-0.25, -0.2) is 0 Å². The van der Waals surface area contributed by atoms with Gasteiger partial charge >= 0.3 is 0 Å². The van der Waals surface area contributed by atoms with Crippen LogP contribution in [-0.2, 0) is 56.8 Å². The Hall–Kier alpha value is -0.590. The Kier molecular flexibility index (Phi) is 136. The van der Waals surface area contributed by atoms with Gasteiger partial charge in [-0.15, -0.1) is 0 Å². The molecule has 1 aliphatic heterocycles. The zero-order valence-electron chi connectivity index (χ0n) is 42.3. The average molecular weight is 860 g/mol. The van der Waals surface area contributed by atoms with Crippen LogP contribution >= 0.6 is 0 Å². The normalized spacial score (nSPS) is 10.7. The first-order valence-electron chi connectivity index (χ1n) is 21.2. The number of ether oxygens (including phenoxy) is 12. The van der Waals surface area contributed by atoms with Gasteiger partial charge in [0, 0.05) is 118 Å². The molecule has 0 aliphatic carbocycles. The van der Waals surface area contributed by atoms with Gasteiger partial charge in [0.05, 0.1) is 52.4 Å². The molecule has 0 aromatic carbocycles. The van der Waals surface area contributed by atoms with Crippen molar-refractivity contribution in [2.24, 2.45) is 0 Å². The third-order valence-electron chi connectivity index (χ3n) is 6.03. The predicted octanol–water partition coefficient (Wildman–Crippen LogP) is 8.92. The van der Waals surface area contributed by atoms with Crippen LogP contribution in [0.4, 0.5) is 4.39 Å². The summed E-state index contributed by atoms with van der Waals surface area (Å²) < 4.78 is 67.8. The largest absolute Gasteiger partial charge is 0.388 e. The van der Waals surface area contributed by atoms with Crippen LogP contribution in [0.1, 0.15) is 106 Å². The Morgan fingerprint density at radius 2 is 0.741 bits per heavy atom. The summed E-state index contributed by atoms with van der Waals surface area (Å²) in [6, 6.07) is 0. The molecule has 0 amide bonds. The highest BCUT2D eigenvalue weighted by atomic mass is 19.1. The van der Waals surface area contributed by atoms with Gasteiger partial charge in [0.2, 0.25) is 0 Å². The van der Waals surface area contributed by atoms with E-state index in [-0.39, 0.29) is 6.67 Å². The summed E-state index contributed by atoms with van der Waals surface area (Å²) in [5.74, 6) is 0. The number of nitrogens with zero attached hydrogens (tertiary/aromatic N) is 1. The van der Waals surface area contributed by atoms with Crippen LogP contribution in [0.25, 0.3) is 0 Å². The first kappa shape index (κ1) is 78.0. The van der Waals surface area contributed by atoms with Crippen LogP contribution < -0.4 is 0 Å². The molecule has 0 bridgehead atoms. The third kappa shape index (κ3) is 166. The van der Waals surface area contributed by atoms with Crippen molar-refractivity contribution >= 4 is 0 Å². The smallest absolute Gasteiger partial charge is 0.0916 e. The van der Waals surface area contributed by atoms with Crippen molar-refractivity contribution < 1.29 is 61.2 Å². The maximum Gasteiger partial charge on any atom is 0.0916 e. The van der Waals surface area contributed by atoms with Gasteiger partial charge in [-0.05, 0) is 85.9 Å². The lowest BCUT2D eigenvalue weighted by Crippen LogP contribution is -2.10. The fraction of sp³-hybridized carbons (Fsp3) is 1.00. The molecule has 0 N–H and O–H groups in total. The van der Waals surface area contributed by atoms with E-state index in [0.717, 1.165) is 65.5 Å². The summed E-state index contributed by atoms with van der Waals surface area (Å²) in [5, 5.41) is 0. The fourth-order valence-electron chi connectivity index (χ4n) is 2.61. The molecule has 14 heteroatoms. The molecule has 0 aromatic rings. The lowest BCUT2D eigenvalue weighted by Gasteiger charge is -2.01. The average Bonchev–Trinajstić information content (AvgIpc) is 3.73. The van der Waals surface area contributed by atoms with Crippen molar-refractivity contribution in [2.45, 2.75) is 112 Å². The van der Waals surface area contributed by atoms with Crippen molar-refractivity contribution in [1.29, 1.82) is 0 Å². The fourth-order valence-corrected chi connectivity index (χ4v) is 2.61. The molecule has 0 atom stereocenters. The van der Waals surface area contributed by atoms with Crippen LogP contribution in [-0.4, -0.2) is 195 Å². The molecular weight excluding hydrogens is 753 g/mol. The molecule has 58 heavy (non-hydrogen) atoms. The third-order valence-corrected chi connectivity index (χ3v) is 6.03. The second kappa shape index (κ2) is 101. The van der Waals surface area contributed by atoms with E-state index in [1.807, 2.05) is 20.8 Å². The second-order valence-corrected chi connectivity index (χ2v) is 12.2. The minimum absolute atomic E-state index is 0.270. The minimum Gasteiger partial charge on any atom is -0.388 e. The molecule has 0 saturated carbocycles. The lowest BCUT2D eigenvalue weighted by atomic mass is 10.4. The number of alkyl halides is 1. The molecule has 366 valence electrons. The van der Waals surface area contributed by atoms with Crippen LogP contribution in [0.5, 0.6) is 0 Å². The molecule has 1 saturated heterocycles. The number of likely N-dealkylation sites (tertiary alicyclic amines) is 1. The summed E-state index contributed by atoms with van der Waals surface area (Å²) in [7, 11) is 20.5. The van der Waals surface area contributed by atoms with Crippen LogP contribution in [0.2, 0.25) is 0 Å².